The third kappa shape index (κ3) is 2.98. The van der Waals surface area contributed by atoms with Crippen LogP contribution >= 0.6 is 11.3 Å². The van der Waals surface area contributed by atoms with Gasteiger partial charge in [-0.15, -0.1) is 11.3 Å². The van der Waals surface area contributed by atoms with Gasteiger partial charge in [0.2, 0.25) is 5.91 Å². The highest BCUT2D eigenvalue weighted by Crippen LogP contribution is 2.39. The molecule has 5 heteroatoms. The van der Waals surface area contributed by atoms with E-state index < -0.39 is 0 Å². The molecule has 0 spiro atoms. The first kappa shape index (κ1) is 14.7. The van der Waals surface area contributed by atoms with Gasteiger partial charge in [0.15, 0.2) is 0 Å². The van der Waals surface area contributed by atoms with E-state index in [1.54, 1.807) is 11.3 Å². The van der Waals surface area contributed by atoms with Gasteiger partial charge in [-0.1, -0.05) is 18.2 Å². The zero-order valence-corrected chi connectivity index (χ0v) is 14.0. The Bertz CT molecular complexity index is 685. The lowest BCUT2D eigenvalue weighted by Gasteiger charge is -2.20. The Morgan fingerprint density at radius 1 is 1.26 bits per heavy atom. The van der Waals surface area contributed by atoms with Gasteiger partial charge in [-0.05, 0) is 24.5 Å². The maximum Gasteiger partial charge on any atom is 0.222 e. The summed E-state index contributed by atoms with van der Waals surface area (Å²) in [7, 11) is 0. The topological polar surface area (TPSA) is 36.4 Å². The molecule has 1 aromatic heterocycles. The molecule has 1 atom stereocenters. The summed E-state index contributed by atoms with van der Waals surface area (Å²) in [5.74, 6) is 0.852. The highest BCUT2D eigenvalue weighted by atomic mass is 32.1. The number of aromatic nitrogens is 1. The molecule has 1 fully saturated rings. The van der Waals surface area contributed by atoms with Crippen LogP contribution in [0, 0.1) is 0 Å². The molecular weight excluding hydrogens is 306 g/mol. The number of likely N-dealkylation sites (tertiary alicyclic amines) is 1. The van der Waals surface area contributed by atoms with Gasteiger partial charge in [0.05, 0.1) is 12.1 Å². The molecular formula is C18H21N3OS. The van der Waals surface area contributed by atoms with Crippen LogP contribution in [0.25, 0.3) is 0 Å². The molecule has 1 aromatic carbocycles. The number of nitrogens with zero attached hydrogens (tertiary/aromatic N) is 3. The van der Waals surface area contributed by atoms with Crippen molar-refractivity contribution < 1.29 is 4.79 Å². The maximum atomic E-state index is 11.8. The second-order valence-electron chi connectivity index (χ2n) is 6.38. The van der Waals surface area contributed by atoms with E-state index >= 15 is 0 Å². The molecule has 0 bridgehead atoms. The van der Waals surface area contributed by atoms with E-state index in [1.165, 1.54) is 16.1 Å². The number of para-hydroxylation sites is 1. The van der Waals surface area contributed by atoms with Crippen LogP contribution in [0.1, 0.15) is 35.6 Å². The molecule has 2 aromatic rings. The van der Waals surface area contributed by atoms with Crippen LogP contribution in [0.3, 0.4) is 0 Å². The maximum absolute atomic E-state index is 11.8. The molecule has 1 unspecified atom stereocenters. The number of benzene rings is 1. The van der Waals surface area contributed by atoms with Crippen LogP contribution in [0.15, 0.2) is 36.0 Å². The van der Waals surface area contributed by atoms with Gasteiger partial charge in [0, 0.05) is 48.7 Å². The fraction of sp³-hybridized carbons (Fsp3) is 0.444. The number of carbonyl (C=O) groups is 1. The SMILES string of the molecule is O=C1CCCN1CCC1CN(Cc2cncs2)c2ccccc21. The summed E-state index contributed by atoms with van der Waals surface area (Å²) in [4.78, 5) is 21.8. The van der Waals surface area contributed by atoms with Crippen molar-refractivity contribution in [3.63, 3.8) is 0 Å². The quantitative estimate of drug-likeness (QED) is 0.846. The number of carbonyl (C=O) groups excluding carboxylic acids is 1. The van der Waals surface area contributed by atoms with E-state index in [9.17, 15) is 4.79 Å². The predicted octanol–water partition coefficient (Wildman–Crippen LogP) is 3.26. The third-order valence-corrected chi connectivity index (χ3v) is 5.67. The van der Waals surface area contributed by atoms with Gasteiger partial charge in [0.25, 0.3) is 0 Å². The fourth-order valence-electron chi connectivity index (χ4n) is 3.74. The lowest BCUT2D eigenvalue weighted by atomic mass is 9.98. The van der Waals surface area contributed by atoms with E-state index in [4.69, 9.17) is 0 Å². The summed E-state index contributed by atoms with van der Waals surface area (Å²) in [6, 6.07) is 8.71. The number of hydrogen-bond acceptors (Lipinski definition) is 4. The first-order chi connectivity index (χ1) is 11.3. The first-order valence-electron chi connectivity index (χ1n) is 8.30. The number of anilines is 1. The lowest BCUT2D eigenvalue weighted by Crippen LogP contribution is -2.28. The van der Waals surface area contributed by atoms with Crippen molar-refractivity contribution in [2.75, 3.05) is 24.5 Å². The molecule has 1 amide bonds. The Hall–Kier alpha value is -1.88. The summed E-state index contributed by atoms with van der Waals surface area (Å²) in [5.41, 5.74) is 4.68. The molecule has 0 N–H and O–H groups in total. The molecule has 120 valence electrons. The lowest BCUT2D eigenvalue weighted by molar-refractivity contribution is -0.127. The Balaban J connectivity index is 1.47. The molecule has 0 saturated carbocycles. The van der Waals surface area contributed by atoms with Crippen LogP contribution in [0.5, 0.6) is 0 Å². The van der Waals surface area contributed by atoms with Crippen LogP contribution < -0.4 is 4.90 Å². The van der Waals surface area contributed by atoms with Crippen LogP contribution in [-0.4, -0.2) is 35.4 Å². The van der Waals surface area contributed by atoms with Gasteiger partial charge in [-0.3, -0.25) is 9.78 Å². The smallest absolute Gasteiger partial charge is 0.222 e. The van der Waals surface area contributed by atoms with Crippen LogP contribution in [-0.2, 0) is 11.3 Å². The van der Waals surface area contributed by atoms with E-state index in [0.29, 0.717) is 11.8 Å². The highest BCUT2D eigenvalue weighted by molar-refractivity contribution is 7.09. The minimum Gasteiger partial charge on any atom is -0.365 e. The Morgan fingerprint density at radius 2 is 2.17 bits per heavy atom. The van der Waals surface area contributed by atoms with Crippen molar-refractivity contribution in [2.24, 2.45) is 0 Å². The van der Waals surface area contributed by atoms with Gasteiger partial charge < -0.3 is 9.80 Å². The van der Waals surface area contributed by atoms with Crippen molar-refractivity contribution >= 4 is 22.9 Å². The second kappa shape index (κ2) is 6.32. The monoisotopic (exact) mass is 327 g/mol. The van der Waals surface area contributed by atoms with Gasteiger partial charge >= 0.3 is 0 Å². The molecule has 2 aliphatic heterocycles. The van der Waals surface area contributed by atoms with Crippen molar-refractivity contribution in [1.29, 1.82) is 0 Å². The summed E-state index contributed by atoms with van der Waals surface area (Å²) < 4.78 is 0. The molecule has 3 heterocycles. The molecule has 0 aliphatic carbocycles. The van der Waals surface area contributed by atoms with E-state index in [2.05, 4.69) is 34.1 Å². The zero-order chi connectivity index (χ0) is 15.6. The molecule has 4 rings (SSSR count). The second-order valence-corrected chi connectivity index (χ2v) is 7.35. The molecule has 23 heavy (non-hydrogen) atoms. The zero-order valence-electron chi connectivity index (χ0n) is 13.1. The Kier molecular flexibility index (Phi) is 4.04. The molecule has 2 aliphatic rings. The summed E-state index contributed by atoms with van der Waals surface area (Å²) in [6.45, 7) is 3.81. The average Bonchev–Trinajstić information content (AvgIpc) is 3.28. The normalized spacial score (nSPS) is 20.3. The van der Waals surface area contributed by atoms with E-state index in [-0.39, 0.29) is 0 Å². The number of amides is 1. The van der Waals surface area contributed by atoms with Crippen molar-refractivity contribution in [3.8, 4) is 0 Å². The first-order valence-corrected chi connectivity index (χ1v) is 9.18. The van der Waals surface area contributed by atoms with Gasteiger partial charge in [-0.25, -0.2) is 0 Å². The highest BCUT2D eigenvalue weighted by Gasteiger charge is 2.29. The number of thiazole rings is 1. The standard InChI is InChI=1S/C18H21N3OS/c22-18-6-3-8-20(18)9-7-14-11-21(12-15-10-19-13-23-15)17-5-2-1-4-16(14)17/h1-2,4-5,10,13-14H,3,6-9,11-12H2. The fourth-order valence-corrected chi connectivity index (χ4v) is 4.35. The summed E-state index contributed by atoms with van der Waals surface area (Å²) in [5, 5.41) is 0. The number of fused-ring (bicyclic) bond motifs is 1. The van der Waals surface area contributed by atoms with Gasteiger partial charge in [-0.2, -0.15) is 0 Å². The van der Waals surface area contributed by atoms with E-state index in [0.717, 1.165) is 45.4 Å². The van der Waals surface area contributed by atoms with E-state index in [1.807, 2.05) is 16.6 Å². The number of rotatable bonds is 5. The average molecular weight is 327 g/mol. The van der Waals surface area contributed by atoms with Crippen LogP contribution in [0.2, 0.25) is 0 Å². The summed E-state index contributed by atoms with van der Waals surface area (Å²) >= 11 is 1.71. The Labute approximate surface area is 140 Å². The van der Waals surface area contributed by atoms with Gasteiger partial charge in [0.1, 0.15) is 0 Å². The largest absolute Gasteiger partial charge is 0.365 e. The van der Waals surface area contributed by atoms with Crippen molar-refractivity contribution in [3.05, 3.63) is 46.4 Å². The van der Waals surface area contributed by atoms with Crippen molar-refractivity contribution in [1.82, 2.24) is 9.88 Å². The summed E-state index contributed by atoms with van der Waals surface area (Å²) in [6.07, 6.45) is 4.78. The van der Waals surface area contributed by atoms with Crippen LogP contribution in [0.4, 0.5) is 5.69 Å². The predicted molar refractivity (Wildman–Crippen MR) is 92.8 cm³/mol. The van der Waals surface area contributed by atoms with Crippen molar-refractivity contribution in [2.45, 2.75) is 31.7 Å². The third-order valence-electron chi connectivity index (χ3n) is 4.91. The molecule has 4 nitrogen and oxygen atoms in total. The minimum absolute atomic E-state index is 0.331. The molecule has 1 saturated heterocycles. The number of hydrogen-bond donors (Lipinski definition) is 0. The molecule has 0 radical (unpaired) electrons. The Morgan fingerprint density at radius 3 is 2.96 bits per heavy atom. The minimum atomic E-state index is 0.331.